The monoisotopic (exact) mass is 294 g/mol. The molecule has 0 bridgehead atoms. The summed E-state index contributed by atoms with van der Waals surface area (Å²) >= 11 is 0. The van der Waals surface area contributed by atoms with Crippen LogP contribution in [0.5, 0.6) is 0 Å². The van der Waals surface area contributed by atoms with Gasteiger partial charge in [-0.25, -0.2) is 0 Å². The van der Waals surface area contributed by atoms with Crippen LogP contribution in [0.4, 0.5) is 0 Å². The standard InChI is InChI=1S/C21H28N/c1-6-8-10-18-12-11-16(3)20(15-18)21-14-13-19(9-7-2)17(4)22(21)5/h7,9,11-15H,6,8,10H2,1-5H3/q+1. The summed E-state index contributed by atoms with van der Waals surface area (Å²) in [5.74, 6) is 0. The third-order valence-corrected chi connectivity index (χ3v) is 4.45. The number of hydrogen-bond acceptors (Lipinski definition) is 0. The average molecular weight is 294 g/mol. The lowest BCUT2D eigenvalue weighted by Gasteiger charge is -2.10. The van der Waals surface area contributed by atoms with Crippen LogP contribution in [0, 0.1) is 13.8 Å². The van der Waals surface area contributed by atoms with Crippen LogP contribution in [-0.4, -0.2) is 0 Å². The Hall–Kier alpha value is -1.89. The van der Waals surface area contributed by atoms with Gasteiger partial charge in [-0.3, -0.25) is 0 Å². The molecule has 0 spiro atoms. The molecule has 0 radical (unpaired) electrons. The quantitative estimate of drug-likeness (QED) is 0.670. The first-order valence-electron chi connectivity index (χ1n) is 8.30. The van der Waals surface area contributed by atoms with Crippen LogP contribution in [0.2, 0.25) is 0 Å². The molecule has 2 rings (SSSR count). The van der Waals surface area contributed by atoms with E-state index in [2.05, 4.69) is 81.8 Å². The molecule has 22 heavy (non-hydrogen) atoms. The van der Waals surface area contributed by atoms with E-state index < -0.39 is 0 Å². The van der Waals surface area contributed by atoms with Crippen LogP contribution in [-0.2, 0) is 13.5 Å². The predicted octanol–water partition coefficient (Wildman–Crippen LogP) is 5.17. The van der Waals surface area contributed by atoms with Gasteiger partial charge >= 0.3 is 0 Å². The number of rotatable bonds is 5. The maximum absolute atomic E-state index is 2.37. The van der Waals surface area contributed by atoms with Gasteiger partial charge < -0.3 is 0 Å². The zero-order chi connectivity index (χ0) is 16.1. The highest BCUT2D eigenvalue weighted by Crippen LogP contribution is 2.24. The van der Waals surface area contributed by atoms with Crippen molar-refractivity contribution in [1.82, 2.24) is 0 Å². The van der Waals surface area contributed by atoms with Gasteiger partial charge in [-0.15, -0.1) is 0 Å². The molecule has 2 aromatic rings. The second-order valence-corrected chi connectivity index (χ2v) is 6.07. The van der Waals surface area contributed by atoms with E-state index in [1.54, 1.807) is 0 Å². The predicted molar refractivity (Wildman–Crippen MR) is 95.8 cm³/mol. The van der Waals surface area contributed by atoms with Gasteiger partial charge in [-0.1, -0.05) is 37.6 Å². The second-order valence-electron chi connectivity index (χ2n) is 6.07. The second kappa shape index (κ2) is 7.40. The first-order chi connectivity index (χ1) is 10.6. The molecule has 0 aliphatic rings. The molecule has 0 saturated heterocycles. The molecule has 0 atom stereocenters. The van der Waals surface area contributed by atoms with Crippen LogP contribution in [0.1, 0.15) is 49.1 Å². The summed E-state index contributed by atoms with van der Waals surface area (Å²) in [4.78, 5) is 0. The number of allylic oxidation sites excluding steroid dienone is 1. The van der Waals surface area contributed by atoms with E-state index in [-0.39, 0.29) is 0 Å². The van der Waals surface area contributed by atoms with Crippen molar-refractivity contribution in [3.05, 3.63) is 58.8 Å². The highest BCUT2D eigenvalue weighted by molar-refractivity contribution is 5.63. The highest BCUT2D eigenvalue weighted by Gasteiger charge is 2.16. The summed E-state index contributed by atoms with van der Waals surface area (Å²) < 4.78 is 2.31. The Kier molecular flexibility index (Phi) is 5.54. The number of hydrogen-bond donors (Lipinski definition) is 0. The zero-order valence-corrected chi connectivity index (χ0v) is 14.6. The van der Waals surface area contributed by atoms with Crippen LogP contribution < -0.4 is 4.57 Å². The van der Waals surface area contributed by atoms with Gasteiger partial charge in [0.25, 0.3) is 0 Å². The Morgan fingerprint density at radius 3 is 2.55 bits per heavy atom. The van der Waals surface area contributed by atoms with Crippen LogP contribution >= 0.6 is 0 Å². The SMILES string of the molecule is CC=Cc1ccc(-c2cc(CCCC)ccc2C)[n+](C)c1C. The largest absolute Gasteiger partial charge is 0.212 e. The van der Waals surface area contributed by atoms with Crippen molar-refractivity contribution >= 4 is 6.08 Å². The number of unbranched alkanes of at least 4 members (excludes halogenated alkanes) is 1. The summed E-state index contributed by atoms with van der Waals surface area (Å²) in [6.07, 6.45) is 7.94. The molecular formula is C21H28N+. The number of pyridine rings is 1. The number of aromatic nitrogens is 1. The van der Waals surface area contributed by atoms with E-state index in [0.29, 0.717) is 0 Å². The third kappa shape index (κ3) is 3.47. The lowest BCUT2D eigenvalue weighted by molar-refractivity contribution is -0.666. The van der Waals surface area contributed by atoms with Gasteiger partial charge in [0.05, 0.1) is 0 Å². The van der Waals surface area contributed by atoms with Crippen LogP contribution in [0.25, 0.3) is 17.3 Å². The first kappa shape index (κ1) is 16.5. The van der Waals surface area contributed by atoms with E-state index in [4.69, 9.17) is 0 Å². The normalized spacial score (nSPS) is 11.3. The molecule has 0 aliphatic heterocycles. The minimum Gasteiger partial charge on any atom is -0.198 e. The van der Waals surface area contributed by atoms with E-state index in [1.165, 1.54) is 52.9 Å². The Labute approximate surface area is 135 Å². The average Bonchev–Trinajstić information content (AvgIpc) is 2.52. The van der Waals surface area contributed by atoms with Crippen molar-refractivity contribution in [2.45, 2.75) is 47.0 Å². The fourth-order valence-corrected chi connectivity index (χ4v) is 2.88. The lowest BCUT2D eigenvalue weighted by atomic mass is 9.98. The first-order valence-corrected chi connectivity index (χ1v) is 8.30. The maximum atomic E-state index is 2.37. The number of benzene rings is 1. The zero-order valence-electron chi connectivity index (χ0n) is 14.6. The van der Waals surface area contributed by atoms with Crippen molar-refractivity contribution in [2.24, 2.45) is 7.05 Å². The Bertz CT molecular complexity index is 681. The molecule has 1 nitrogen and oxygen atoms in total. The van der Waals surface area contributed by atoms with Crippen LogP contribution in [0.3, 0.4) is 0 Å². The van der Waals surface area contributed by atoms with Crippen LogP contribution in [0.15, 0.2) is 36.4 Å². The van der Waals surface area contributed by atoms with Gasteiger partial charge in [0.2, 0.25) is 5.69 Å². The maximum Gasteiger partial charge on any atom is 0.212 e. The molecule has 1 aromatic heterocycles. The van der Waals surface area contributed by atoms with Gasteiger partial charge in [0, 0.05) is 24.1 Å². The van der Waals surface area contributed by atoms with Gasteiger partial charge in [-0.05, 0) is 49.9 Å². The van der Waals surface area contributed by atoms with Crippen molar-refractivity contribution in [1.29, 1.82) is 0 Å². The van der Waals surface area contributed by atoms with Crippen molar-refractivity contribution < 1.29 is 4.57 Å². The van der Waals surface area contributed by atoms with E-state index in [0.717, 1.165) is 0 Å². The van der Waals surface area contributed by atoms with Crippen molar-refractivity contribution in [3.8, 4) is 11.3 Å². The summed E-state index contributed by atoms with van der Waals surface area (Å²) in [5, 5.41) is 0. The minimum atomic E-state index is 1.17. The molecule has 116 valence electrons. The third-order valence-electron chi connectivity index (χ3n) is 4.45. The molecular weight excluding hydrogens is 266 g/mol. The van der Waals surface area contributed by atoms with Gasteiger partial charge in [0.15, 0.2) is 5.69 Å². The summed E-state index contributed by atoms with van der Waals surface area (Å²) in [6.45, 7) is 8.70. The Morgan fingerprint density at radius 2 is 1.86 bits per heavy atom. The number of nitrogens with zero attached hydrogens (tertiary/aromatic N) is 1. The van der Waals surface area contributed by atoms with Gasteiger partial charge in [-0.2, -0.15) is 4.57 Å². The smallest absolute Gasteiger partial charge is 0.198 e. The van der Waals surface area contributed by atoms with E-state index in [1.807, 2.05) is 0 Å². The minimum absolute atomic E-state index is 1.17. The van der Waals surface area contributed by atoms with E-state index in [9.17, 15) is 0 Å². The Morgan fingerprint density at radius 1 is 1.09 bits per heavy atom. The molecule has 0 amide bonds. The fourth-order valence-electron chi connectivity index (χ4n) is 2.88. The summed E-state index contributed by atoms with van der Waals surface area (Å²) in [6, 6.07) is 11.4. The van der Waals surface area contributed by atoms with Crippen molar-refractivity contribution in [3.63, 3.8) is 0 Å². The summed E-state index contributed by atoms with van der Waals surface area (Å²) in [5.41, 5.74) is 8.02. The molecule has 1 heteroatoms. The number of aryl methyl sites for hydroxylation is 2. The Balaban J connectivity index is 2.49. The fraction of sp³-hybridized carbons (Fsp3) is 0.381. The molecule has 1 heterocycles. The van der Waals surface area contributed by atoms with Gasteiger partial charge in [0.1, 0.15) is 7.05 Å². The highest BCUT2D eigenvalue weighted by atomic mass is 14.9. The molecule has 0 saturated carbocycles. The van der Waals surface area contributed by atoms with Crippen molar-refractivity contribution in [2.75, 3.05) is 0 Å². The van der Waals surface area contributed by atoms with E-state index >= 15 is 0 Å². The molecule has 0 aliphatic carbocycles. The lowest BCUT2D eigenvalue weighted by Crippen LogP contribution is -2.35. The molecule has 0 N–H and O–H groups in total. The molecule has 0 fully saturated rings. The molecule has 1 aromatic carbocycles. The summed E-state index contributed by atoms with van der Waals surface area (Å²) in [7, 11) is 2.16. The topological polar surface area (TPSA) is 3.88 Å². The molecule has 0 unspecified atom stereocenters.